The minimum Gasteiger partial charge on any atom is -0.465 e. The number of allylic oxidation sites excluding steroid dienone is 1. The summed E-state index contributed by atoms with van der Waals surface area (Å²) in [6.45, 7) is 0. The summed E-state index contributed by atoms with van der Waals surface area (Å²) in [6.07, 6.45) is -3.92. The van der Waals surface area contributed by atoms with Crippen molar-refractivity contribution >= 4 is 27.4 Å². The fourth-order valence-electron chi connectivity index (χ4n) is 3.76. The molecule has 0 radical (unpaired) electrons. The van der Waals surface area contributed by atoms with Crippen molar-refractivity contribution in [2.75, 3.05) is 11.6 Å². The molecule has 3 rings (SSSR count). The van der Waals surface area contributed by atoms with E-state index in [4.69, 9.17) is 5.26 Å². The summed E-state index contributed by atoms with van der Waals surface area (Å²) in [6, 6.07) is 5.91. The molecule has 1 unspecified atom stereocenters. The first-order valence-corrected chi connectivity index (χ1v) is 12.0. The van der Waals surface area contributed by atoms with Gasteiger partial charge in [-0.1, -0.05) is 6.07 Å². The van der Waals surface area contributed by atoms with E-state index >= 15 is 0 Å². The van der Waals surface area contributed by atoms with Crippen molar-refractivity contribution in [2.24, 2.45) is 0 Å². The van der Waals surface area contributed by atoms with Crippen LogP contribution in [0.15, 0.2) is 52.7 Å². The fraction of sp³-hybridized carbons (Fsp3) is 0.273. The van der Waals surface area contributed by atoms with Crippen molar-refractivity contribution < 1.29 is 36.3 Å². The molecule has 1 aliphatic rings. The first-order chi connectivity index (χ1) is 16.3. The van der Waals surface area contributed by atoms with Crippen LogP contribution in [0, 0.1) is 11.3 Å². The zero-order valence-corrected chi connectivity index (χ0v) is 19.0. The Morgan fingerprint density at radius 1 is 1.23 bits per heavy atom. The predicted octanol–water partition coefficient (Wildman–Crippen LogP) is 3.80. The number of carbonyl (C=O) groups excluding carboxylic acids is 1. The Kier molecular flexibility index (Phi) is 7.16. The average Bonchev–Trinajstić information content (AvgIpc) is 2.76. The van der Waals surface area contributed by atoms with E-state index < -0.39 is 39.6 Å². The number of amides is 1. The molecule has 1 atom stereocenters. The number of carboxylic acid groups (broad SMARTS) is 1. The smallest absolute Gasteiger partial charge is 0.433 e. The monoisotopic (exact) mass is 508 g/mol. The number of hydrogen-bond donors (Lipinski definition) is 3. The molecule has 1 aliphatic carbocycles. The molecule has 2 aromatic rings. The van der Waals surface area contributed by atoms with Crippen LogP contribution in [0.5, 0.6) is 0 Å². The second kappa shape index (κ2) is 9.75. The van der Waals surface area contributed by atoms with Crippen molar-refractivity contribution in [3.8, 4) is 6.07 Å². The van der Waals surface area contributed by atoms with Crippen molar-refractivity contribution in [2.45, 2.75) is 36.4 Å². The van der Waals surface area contributed by atoms with E-state index in [1.807, 2.05) is 0 Å². The Hall–Kier alpha value is -3.92. The summed E-state index contributed by atoms with van der Waals surface area (Å²) in [4.78, 5) is 27.5. The van der Waals surface area contributed by atoms with Crippen LogP contribution < -0.4 is 10.6 Å². The third kappa shape index (κ3) is 5.96. The molecule has 3 N–H and O–H groups in total. The second-order valence-electron chi connectivity index (χ2n) is 7.74. The number of nitrogens with zero attached hydrogens (tertiary/aromatic N) is 2. The van der Waals surface area contributed by atoms with Crippen molar-refractivity contribution in [1.29, 1.82) is 5.26 Å². The SMILES string of the molecule is CS(=O)(=O)c1cc(C#N)ccc1C(NC(=O)O)C1=C(Nc2ccnc(C(F)(F)F)c2)CCCC1=O. The highest BCUT2D eigenvalue weighted by atomic mass is 32.2. The van der Waals surface area contributed by atoms with Gasteiger partial charge >= 0.3 is 12.3 Å². The van der Waals surface area contributed by atoms with Gasteiger partial charge in [-0.15, -0.1) is 0 Å². The number of carbonyl (C=O) groups is 2. The van der Waals surface area contributed by atoms with Gasteiger partial charge in [0.05, 0.1) is 22.6 Å². The number of rotatable bonds is 6. The van der Waals surface area contributed by atoms with E-state index in [9.17, 15) is 36.3 Å². The number of nitrogens with one attached hydrogen (secondary N) is 2. The molecular formula is C22H19F3N4O5S. The first kappa shape index (κ1) is 25.7. The van der Waals surface area contributed by atoms with E-state index in [1.165, 1.54) is 18.2 Å². The number of pyridine rings is 1. The maximum atomic E-state index is 13.1. The number of nitriles is 1. The molecule has 1 heterocycles. The Bertz CT molecular complexity index is 1360. The van der Waals surface area contributed by atoms with Crippen molar-refractivity contribution in [1.82, 2.24) is 10.3 Å². The highest BCUT2D eigenvalue weighted by Gasteiger charge is 2.35. The van der Waals surface area contributed by atoms with Gasteiger partial charge in [0, 0.05) is 35.8 Å². The van der Waals surface area contributed by atoms with E-state index in [-0.39, 0.29) is 45.8 Å². The van der Waals surface area contributed by atoms with Crippen LogP contribution in [0.3, 0.4) is 0 Å². The molecule has 1 amide bonds. The molecule has 1 aromatic heterocycles. The van der Waals surface area contributed by atoms with Gasteiger partial charge in [0.15, 0.2) is 15.6 Å². The van der Waals surface area contributed by atoms with Crippen LogP contribution in [0.2, 0.25) is 0 Å². The van der Waals surface area contributed by atoms with E-state index in [0.29, 0.717) is 6.42 Å². The molecule has 0 saturated carbocycles. The number of anilines is 1. The molecule has 0 fully saturated rings. The van der Waals surface area contributed by atoms with Gasteiger partial charge in [0.2, 0.25) is 0 Å². The van der Waals surface area contributed by atoms with E-state index in [2.05, 4.69) is 15.6 Å². The molecule has 0 spiro atoms. The van der Waals surface area contributed by atoms with Crippen LogP contribution in [0.4, 0.5) is 23.7 Å². The summed E-state index contributed by atoms with van der Waals surface area (Å²) >= 11 is 0. The minimum atomic E-state index is -4.71. The van der Waals surface area contributed by atoms with Gasteiger partial charge in [-0.3, -0.25) is 9.78 Å². The molecule has 35 heavy (non-hydrogen) atoms. The molecule has 184 valence electrons. The number of Topliss-reactive ketones (excluding diaryl/α,β-unsaturated/α-hetero) is 1. The third-order valence-electron chi connectivity index (χ3n) is 5.21. The van der Waals surface area contributed by atoms with Crippen LogP contribution in [0.1, 0.15) is 42.1 Å². The Labute approximate surface area is 198 Å². The minimum absolute atomic E-state index is 0.00187. The van der Waals surface area contributed by atoms with Crippen molar-refractivity contribution in [3.63, 3.8) is 0 Å². The number of sulfone groups is 1. The number of benzene rings is 1. The summed E-state index contributed by atoms with van der Waals surface area (Å²) in [5.41, 5.74) is -1.28. The van der Waals surface area contributed by atoms with Crippen molar-refractivity contribution in [3.05, 3.63) is 64.6 Å². The number of hydrogen-bond acceptors (Lipinski definition) is 7. The largest absolute Gasteiger partial charge is 0.465 e. The van der Waals surface area contributed by atoms with Gasteiger partial charge in [-0.2, -0.15) is 18.4 Å². The predicted molar refractivity (Wildman–Crippen MR) is 117 cm³/mol. The number of ketones is 1. The lowest BCUT2D eigenvalue weighted by atomic mass is 9.86. The normalized spacial score (nSPS) is 15.3. The number of aromatic nitrogens is 1. The summed E-state index contributed by atoms with van der Waals surface area (Å²) < 4.78 is 64.2. The molecule has 0 saturated heterocycles. The van der Waals surface area contributed by atoms with Crippen LogP contribution in [0.25, 0.3) is 0 Å². The van der Waals surface area contributed by atoms with Crippen LogP contribution >= 0.6 is 0 Å². The molecule has 1 aromatic carbocycles. The van der Waals surface area contributed by atoms with Crippen LogP contribution in [-0.2, 0) is 20.8 Å². The summed E-state index contributed by atoms with van der Waals surface area (Å²) in [5.74, 6) is -0.508. The van der Waals surface area contributed by atoms with Gasteiger partial charge in [-0.05, 0) is 42.7 Å². The van der Waals surface area contributed by atoms with Gasteiger partial charge in [0.25, 0.3) is 0 Å². The molecule has 13 heteroatoms. The first-order valence-electron chi connectivity index (χ1n) is 10.1. The standard InChI is InChI=1S/C22H19F3N4O5S/c1-35(33,34)17-9-12(11-26)5-6-14(17)20(29-21(31)32)19-15(3-2-4-16(19)30)28-13-7-8-27-18(10-13)22(23,24)25/h5-10,20,29H,2-4H2,1H3,(H,27,28)(H,31,32). The zero-order valence-electron chi connectivity index (χ0n) is 18.2. The quantitative estimate of drug-likeness (QED) is 0.533. The maximum absolute atomic E-state index is 13.1. The molecule has 0 bridgehead atoms. The Morgan fingerprint density at radius 2 is 1.94 bits per heavy atom. The summed E-state index contributed by atoms with van der Waals surface area (Å²) in [7, 11) is -3.97. The maximum Gasteiger partial charge on any atom is 0.433 e. The van der Waals surface area contributed by atoms with Gasteiger partial charge in [-0.25, -0.2) is 13.2 Å². The highest BCUT2D eigenvalue weighted by Crippen LogP contribution is 2.36. The number of halogens is 3. The average molecular weight is 508 g/mol. The lowest BCUT2D eigenvalue weighted by Crippen LogP contribution is -2.34. The highest BCUT2D eigenvalue weighted by molar-refractivity contribution is 7.90. The number of alkyl halides is 3. The van der Waals surface area contributed by atoms with Gasteiger partial charge in [0.1, 0.15) is 5.69 Å². The van der Waals surface area contributed by atoms with Gasteiger partial charge < -0.3 is 15.7 Å². The van der Waals surface area contributed by atoms with E-state index in [1.54, 1.807) is 6.07 Å². The lowest BCUT2D eigenvalue weighted by molar-refractivity contribution is -0.141. The second-order valence-corrected chi connectivity index (χ2v) is 9.72. The third-order valence-corrected chi connectivity index (χ3v) is 6.36. The molecular weight excluding hydrogens is 489 g/mol. The summed E-state index contributed by atoms with van der Waals surface area (Å²) in [5, 5.41) is 23.5. The van der Waals surface area contributed by atoms with Crippen LogP contribution in [-0.4, -0.2) is 36.6 Å². The molecule has 9 nitrogen and oxygen atoms in total. The Morgan fingerprint density at radius 3 is 2.54 bits per heavy atom. The fourth-order valence-corrected chi connectivity index (χ4v) is 4.71. The van der Waals surface area contributed by atoms with E-state index in [0.717, 1.165) is 24.6 Å². The lowest BCUT2D eigenvalue weighted by Gasteiger charge is -2.28. The topological polar surface area (TPSA) is 149 Å². The zero-order chi connectivity index (χ0) is 26.0. The molecule has 0 aliphatic heterocycles. The Balaban J connectivity index is 2.21.